The Hall–Kier alpha value is -1.28. The predicted octanol–water partition coefficient (Wildman–Crippen LogP) is 1.27. The van der Waals surface area contributed by atoms with Gasteiger partial charge in [0.1, 0.15) is 5.60 Å². The second kappa shape index (κ2) is 4.49. The highest BCUT2D eigenvalue weighted by atomic mass is 16.6. The second-order valence-electron chi connectivity index (χ2n) is 4.67. The molecule has 0 saturated carbocycles. The summed E-state index contributed by atoms with van der Waals surface area (Å²) in [5, 5.41) is 10.4. The fourth-order valence-corrected chi connectivity index (χ4v) is 1.40. The normalized spacial score (nSPS) is 22.1. The minimum Gasteiger partial charge on any atom is -0.443 e. The molecule has 0 aromatic carbocycles. The molecule has 1 unspecified atom stereocenters. The first-order valence-electron chi connectivity index (χ1n) is 5.05. The maximum Gasteiger partial charge on any atom is 0.422 e. The zero-order valence-electron chi connectivity index (χ0n) is 9.41. The van der Waals surface area contributed by atoms with Gasteiger partial charge < -0.3 is 4.74 Å². The first-order valence-corrected chi connectivity index (χ1v) is 5.05. The van der Waals surface area contributed by atoms with Crippen molar-refractivity contribution >= 4 is 6.09 Å². The molecule has 1 rings (SSSR count). The van der Waals surface area contributed by atoms with Crippen LogP contribution in [-0.4, -0.2) is 29.8 Å². The van der Waals surface area contributed by atoms with E-state index in [9.17, 15) is 4.79 Å². The van der Waals surface area contributed by atoms with Gasteiger partial charge in [0.15, 0.2) is 0 Å². The van der Waals surface area contributed by atoms with Crippen LogP contribution in [0.5, 0.6) is 0 Å². The van der Waals surface area contributed by atoms with Crippen molar-refractivity contribution in [2.75, 3.05) is 13.1 Å². The molecule has 1 saturated heterocycles. The highest BCUT2D eigenvalue weighted by Crippen LogP contribution is 2.13. The molecule has 0 radical (unpaired) electrons. The summed E-state index contributed by atoms with van der Waals surface area (Å²) in [7, 11) is 0. The smallest absolute Gasteiger partial charge is 0.422 e. The van der Waals surface area contributed by atoms with E-state index < -0.39 is 11.7 Å². The number of carbonyl (C=O) groups excluding carboxylic acids is 1. The van der Waals surface area contributed by atoms with Gasteiger partial charge in [-0.05, 0) is 27.2 Å². The monoisotopic (exact) mass is 211 g/mol. The molecule has 0 aromatic rings. The first kappa shape index (κ1) is 11.8. The minimum absolute atomic E-state index is 0.0138. The molecule has 1 aliphatic rings. The van der Waals surface area contributed by atoms with E-state index in [1.165, 1.54) is 0 Å². The predicted molar refractivity (Wildman–Crippen MR) is 54.7 cm³/mol. The van der Waals surface area contributed by atoms with Crippen LogP contribution < -0.4 is 5.43 Å². The number of rotatable bonds is 1. The summed E-state index contributed by atoms with van der Waals surface area (Å²) in [5.41, 5.74) is 2.13. The van der Waals surface area contributed by atoms with Crippen LogP contribution in [0.1, 0.15) is 27.2 Å². The molecule has 1 heterocycles. The number of carbonyl (C=O) groups is 1. The van der Waals surface area contributed by atoms with Gasteiger partial charge in [-0.25, -0.2) is 9.80 Å². The summed E-state index contributed by atoms with van der Waals surface area (Å²) < 4.78 is 5.09. The van der Waals surface area contributed by atoms with Gasteiger partial charge in [0.2, 0.25) is 0 Å². The fraction of sp³-hybridized carbons (Fsp3) is 0.800. The van der Waals surface area contributed by atoms with Gasteiger partial charge in [-0.2, -0.15) is 5.26 Å². The lowest BCUT2D eigenvalue weighted by Gasteiger charge is -2.22. The van der Waals surface area contributed by atoms with Gasteiger partial charge in [-0.15, -0.1) is 0 Å². The molecule has 1 fully saturated rings. The average molecular weight is 211 g/mol. The van der Waals surface area contributed by atoms with Crippen molar-refractivity contribution in [3.63, 3.8) is 0 Å². The van der Waals surface area contributed by atoms with Crippen LogP contribution in [0, 0.1) is 17.2 Å². The van der Waals surface area contributed by atoms with E-state index in [1.807, 2.05) is 20.8 Å². The Morgan fingerprint density at radius 2 is 2.27 bits per heavy atom. The van der Waals surface area contributed by atoms with Crippen LogP contribution in [0.4, 0.5) is 4.79 Å². The number of nitriles is 1. The van der Waals surface area contributed by atoms with E-state index in [0.29, 0.717) is 13.1 Å². The van der Waals surface area contributed by atoms with Gasteiger partial charge in [-0.1, -0.05) is 0 Å². The van der Waals surface area contributed by atoms with Crippen molar-refractivity contribution in [2.45, 2.75) is 32.8 Å². The molecule has 1 N–H and O–H groups in total. The number of hydrogen-bond donors (Lipinski definition) is 1. The number of amides is 1. The number of ether oxygens (including phenoxy) is 1. The van der Waals surface area contributed by atoms with Crippen LogP contribution in [0.2, 0.25) is 0 Å². The molecule has 5 nitrogen and oxygen atoms in total. The van der Waals surface area contributed by atoms with Crippen LogP contribution in [-0.2, 0) is 4.74 Å². The molecule has 5 heteroatoms. The molecular weight excluding hydrogens is 194 g/mol. The zero-order chi connectivity index (χ0) is 11.5. The number of hydrazine groups is 1. The van der Waals surface area contributed by atoms with Gasteiger partial charge >= 0.3 is 6.09 Å². The van der Waals surface area contributed by atoms with Crippen LogP contribution in [0.25, 0.3) is 0 Å². The molecule has 15 heavy (non-hydrogen) atoms. The third-order valence-electron chi connectivity index (χ3n) is 2.02. The molecule has 1 atom stereocenters. The number of hydrogen-bond acceptors (Lipinski definition) is 4. The highest BCUT2D eigenvalue weighted by Gasteiger charge is 2.25. The Morgan fingerprint density at radius 1 is 1.60 bits per heavy atom. The van der Waals surface area contributed by atoms with Crippen LogP contribution in [0.3, 0.4) is 0 Å². The van der Waals surface area contributed by atoms with E-state index in [0.717, 1.165) is 6.42 Å². The Bertz CT molecular complexity index is 277. The number of nitrogens with zero attached hydrogens (tertiary/aromatic N) is 2. The second-order valence-corrected chi connectivity index (χ2v) is 4.67. The summed E-state index contributed by atoms with van der Waals surface area (Å²) in [6, 6.07) is 2.18. The van der Waals surface area contributed by atoms with Crippen molar-refractivity contribution in [3.8, 4) is 6.07 Å². The molecule has 0 spiro atoms. The van der Waals surface area contributed by atoms with Gasteiger partial charge in [0.25, 0.3) is 0 Å². The molecule has 84 valence electrons. The summed E-state index contributed by atoms with van der Waals surface area (Å²) in [6.07, 6.45) is 0.341. The topological polar surface area (TPSA) is 65.4 Å². The van der Waals surface area contributed by atoms with Crippen molar-refractivity contribution in [1.82, 2.24) is 10.4 Å². The van der Waals surface area contributed by atoms with E-state index in [-0.39, 0.29) is 5.92 Å². The van der Waals surface area contributed by atoms with Crippen LogP contribution in [0.15, 0.2) is 0 Å². The fourth-order valence-electron chi connectivity index (χ4n) is 1.40. The Labute approximate surface area is 90.0 Å². The molecule has 0 aromatic heterocycles. The summed E-state index contributed by atoms with van der Waals surface area (Å²) in [4.78, 5) is 11.4. The lowest BCUT2D eigenvalue weighted by atomic mass is 10.1. The third-order valence-corrected chi connectivity index (χ3v) is 2.02. The van der Waals surface area contributed by atoms with E-state index in [1.54, 1.807) is 5.01 Å². The molecule has 1 aliphatic heterocycles. The highest BCUT2D eigenvalue weighted by molar-refractivity contribution is 5.67. The SMILES string of the molecule is CC(C)(C)OC(=O)NN1CCC(C#N)C1. The first-order chi connectivity index (χ1) is 6.90. The zero-order valence-corrected chi connectivity index (χ0v) is 9.41. The summed E-state index contributed by atoms with van der Waals surface area (Å²) in [5.74, 6) is 0.0138. The largest absolute Gasteiger partial charge is 0.443 e. The maximum atomic E-state index is 11.4. The van der Waals surface area contributed by atoms with E-state index in [4.69, 9.17) is 10.00 Å². The standard InChI is InChI=1S/C10H17N3O2/c1-10(2,3)15-9(14)12-13-5-4-8(6-11)7-13/h8H,4-5,7H2,1-3H3,(H,12,14). The third kappa shape index (κ3) is 4.17. The van der Waals surface area contributed by atoms with Gasteiger partial charge in [0, 0.05) is 13.1 Å². The van der Waals surface area contributed by atoms with E-state index in [2.05, 4.69) is 11.5 Å². The Kier molecular flexibility index (Phi) is 3.53. The van der Waals surface area contributed by atoms with Crippen molar-refractivity contribution in [2.24, 2.45) is 5.92 Å². The lowest BCUT2D eigenvalue weighted by Crippen LogP contribution is -2.43. The van der Waals surface area contributed by atoms with E-state index >= 15 is 0 Å². The quantitative estimate of drug-likeness (QED) is 0.709. The molecule has 0 bridgehead atoms. The molecule has 0 aliphatic carbocycles. The Morgan fingerprint density at radius 3 is 2.73 bits per heavy atom. The summed E-state index contributed by atoms with van der Waals surface area (Å²) in [6.45, 7) is 6.73. The maximum absolute atomic E-state index is 11.4. The average Bonchev–Trinajstić information content (AvgIpc) is 2.48. The minimum atomic E-state index is -0.488. The van der Waals surface area contributed by atoms with Crippen molar-refractivity contribution < 1.29 is 9.53 Å². The lowest BCUT2D eigenvalue weighted by molar-refractivity contribution is 0.0363. The molecule has 1 amide bonds. The van der Waals surface area contributed by atoms with Crippen LogP contribution >= 0.6 is 0 Å². The van der Waals surface area contributed by atoms with Gasteiger partial charge in [-0.3, -0.25) is 5.43 Å². The summed E-state index contributed by atoms with van der Waals surface area (Å²) >= 11 is 0. The number of nitrogens with one attached hydrogen (secondary N) is 1. The van der Waals surface area contributed by atoms with Crippen molar-refractivity contribution in [1.29, 1.82) is 5.26 Å². The van der Waals surface area contributed by atoms with Crippen molar-refractivity contribution in [3.05, 3.63) is 0 Å². The Balaban J connectivity index is 2.32. The molecular formula is C10H17N3O2. The van der Waals surface area contributed by atoms with Gasteiger partial charge in [0.05, 0.1) is 12.0 Å².